The number of carbonyl (C=O) groups excluding carboxylic acids is 9. The minimum atomic E-state index is -1.64. The molecule has 474 valence electrons. The molecule has 84 heavy (non-hydrogen) atoms. The summed E-state index contributed by atoms with van der Waals surface area (Å²) in [5.41, 5.74) is 22.6. The first-order chi connectivity index (χ1) is 39.9. The Morgan fingerprint density at radius 1 is 0.500 bits per heavy atom. The smallest absolute Gasteiger partial charge is 0.303 e. The number of guanidine groups is 2. The first kappa shape index (κ1) is 75.2. The van der Waals surface area contributed by atoms with Gasteiger partial charge in [-0.25, -0.2) is 0 Å². The predicted octanol–water partition coefficient (Wildman–Crippen LogP) is 3.08. The van der Waals surface area contributed by atoms with E-state index in [1.165, 1.54) is 71.6 Å². The Labute approximate surface area is 496 Å². The number of hydrogen-bond acceptors (Lipinski definition) is 14. The van der Waals surface area contributed by atoms with E-state index < -0.39 is 139 Å². The molecule has 0 saturated carbocycles. The van der Waals surface area contributed by atoms with Crippen LogP contribution in [-0.2, 0) is 54.4 Å². The van der Waals surface area contributed by atoms with Crippen molar-refractivity contribution in [3.8, 4) is 0 Å². The van der Waals surface area contributed by atoms with Crippen molar-refractivity contribution in [3.63, 3.8) is 0 Å². The molecule has 0 aliphatic carbocycles. The minimum Gasteiger partial charge on any atom is -0.481 e. The number of aliphatic carboxylic acids is 1. The van der Waals surface area contributed by atoms with Gasteiger partial charge in [-0.15, -0.1) is 0 Å². The summed E-state index contributed by atoms with van der Waals surface area (Å²) in [6.07, 6.45) is 13.4. The van der Waals surface area contributed by atoms with Gasteiger partial charge in [0.15, 0.2) is 35.1 Å². The van der Waals surface area contributed by atoms with E-state index in [0.29, 0.717) is 12.0 Å². The number of benzene rings is 1. The second-order valence-corrected chi connectivity index (χ2v) is 22.3. The maximum atomic E-state index is 14.5. The third-order valence-corrected chi connectivity index (χ3v) is 14.6. The lowest BCUT2D eigenvalue weighted by Gasteiger charge is -2.27. The maximum Gasteiger partial charge on any atom is 0.303 e. The highest BCUT2D eigenvalue weighted by atomic mass is 16.4. The van der Waals surface area contributed by atoms with Crippen LogP contribution in [0.25, 0.3) is 0 Å². The number of nitrogens with two attached hydrogens (primary N) is 4. The summed E-state index contributed by atoms with van der Waals surface area (Å²) in [5.74, 6) is -11.8. The van der Waals surface area contributed by atoms with Crippen molar-refractivity contribution in [2.45, 2.75) is 219 Å². The van der Waals surface area contributed by atoms with Crippen molar-refractivity contribution in [2.24, 2.45) is 56.6 Å². The molecule has 0 radical (unpaired) electrons. The van der Waals surface area contributed by atoms with Crippen LogP contribution in [0.2, 0.25) is 0 Å². The van der Waals surface area contributed by atoms with Crippen LogP contribution in [-0.4, -0.2) is 142 Å². The lowest BCUT2D eigenvalue weighted by atomic mass is 9.87. The quantitative estimate of drug-likeness (QED) is 0.0253. The molecule has 0 saturated heterocycles. The van der Waals surface area contributed by atoms with Crippen molar-refractivity contribution >= 4 is 70.6 Å². The number of amides is 5. The van der Waals surface area contributed by atoms with Crippen LogP contribution >= 0.6 is 0 Å². The second kappa shape index (κ2) is 43.8. The third-order valence-electron chi connectivity index (χ3n) is 14.6. The molecule has 24 nitrogen and oxygen atoms in total. The largest absolute Gasteiger partial charge is 0.481 e. The van der Waals surface area contributed by atoms with Crippen LogP contribution in [0.5, 0.6) is 0 Å². The topological polar surface area (TPSA) is 420 Å². The minimum absolute atomic E-state index is 0.0108. The van der Waals surface area contributed by atoms with Gasteiger partial charge in [0.25, 0.3) is 0 Å². The first-order valence-corrected chi connectivity index (χ1v) is 30.1. The first-order valence-electron chi connectivity index (χ1n) is 30.1. The number of carboxylic acids is 1. The van der Waals surface area contributed by atoms with Crippen molar-refractivity contribution in [1.82, 2.24) is 26.6 Å². The number of nitrogens with one attached hydrogen (secondary N) is 5. The highest BCUT2D eigenvalue weighted by Crippen LogP contribution is 2.21. The fourth-order valence-corrected chi connectivity index (χ4v) is 9.55. The molecule has 5 amide bonds. The number of aliphatic imine (C=N–C) groups is 2. The van der Waals surface area contributed by atoms with Gasteiger partial charge in [0.05, 0.1) is 37.3 Å². The zero-order valence-corrected chi connectivity index (χ0v) is 50.5. The Kier molecular flexibility index (Phi) is 39.2. The normalized spacial score (nSPS) is 14.0. The molecule has 24 heteroatoms. The average Bonchev–Trinajstić information content (AvgIpc) is 3.64. The van der Waals surface area contributed by atoms with E-state index in [9.17, 15) is 58.2 Å². The van der Waals surface area contributed by atoms with Crippen molar-refractivity contribution < 1.29 is 63.3 Å². The van der Waals surface area contributed by atoms with Gasteiger partial charge in [-0.1, -0.05) is 128 Å². The van der Waals surface area contributed by atoms with E-state index in [0.717, 1.165) is 19.3 Å². The highest BCUT2D eigenvalue weighted by molar-refractivity contribution is 5.98. The number of rotatable bonds is 49. The van der Waals surface area contributed by atoms with Gasteiger partial charge in [0.1, 0.15) is 12.1 Å². The number of hydrogen-bond donors (Lipinski definition) is 12. The van der Waals surface area contributed by atoms with E-state index in [-0.39, 0.29) is 82.3 Å². The number of aliphatic hydroxyl groups is 2. The van der Waals surface area contributed by atoms with Crippen molar-refractivity contribution in [3.05, 3.63) is 35.9 Å². The van der Waals surface area contributed by atoms with Crippen LogP contribution in [0, 0.1) is 23.7 Å². The Balaban J connectivity index is 3.23. The summed E-state index contributed by atoms with van der Waals surface area (Å²) >= 11 is 0. The predicted molar refractivity (Wildman–Crippen MR) is 322 cm³/mol. The van der Waals surface area contributed by atoms with Crippen LogP contribution in [0.4, 0.5) is 0 Å². The molecule has 1 aromatic carbocycles. The van der Waals surface area contributed by atoms with E-state index >= 15 is 0 Å². The summed E-state index contributed by atoms with van der Waals surface area (Å²) < 4.78 is 0. The van der Waals surface area contributed by atoms with E-state index in [4.69, 9.17) is 28.0 Å². The van der Waals surface area contributed by atoms with Gasteiger partial charge in [0.2, 0.25) is 29.5 Å². The van der Waals surface area contributed by atoms with Crippen LogP contribution < -0.4 is 49.5 Å². The molecule has 0 bridgehead atoms. The van der Waals surface area contributed by atoms with Crippen molar-refractivity contribution in [2.75, 3.05) is 26.3 Å². The van der Waals surface area contributed by atoms with Gasteiger partial charge >= 0.3 is 5.97 Å². The Morgan fingerprint density at radius 2 is 0.976 bits per heavy atom. The van der Waals surface area contributed by atoms with E-state index in [1.54, 1.807) is 44.2 Å². The number of unbranched alkanes of at least 4 members (excludes halogenated alkanes) is 12. The van der Waals surface area contributed by atoms with Gasteiger partial charge in [0, 0.05) is 57.0 Å². The number of ketones is 4. The summed E-state index contributed by atoms with van der Waals surface area (Å²) in [7, 11) is 0. The standard InChI is InChI=1S/C60H101N11O13/c1-6-7-8-9-10-11-12-13-14-15-16-17-21-28-52(78)67-40(4)55(81)71-54(39(2)3)51(77)35-44(33-42-24-19-18-20-25-42)57(83)69-47(27-23-32-66-60(63)64)49(75)36-45(37-72)58(84)70-48(38-73)50(76)34-43(26-22-31-65-59(61)62)56(82)68-46(41(5)74)29-30-53(79)80/h18-20,24-25,39-40,43-48,54,72-73H,6-17,21-23,26-38H2,1-5H3,(H,67,78)(H,68,82)(H,69,83)(H,70,84)(H,71,81)(H,79,80)(H4,61,62,65)(H4,63,64,66)/t40-,43+,44+,45-,46-,47-,48-,54-/m0/s1. The number of Topliss-reactive ketones (excluding diaryl/α,β-unsaturated/α-hetero) is 4. The molecule has 16 N–H and O–H groups in total. The molecular formula is C60H101N11O13. The zero-order valence-electron chi connectivity index (χ0n) is 50.5. The molecule has 0 fully saturated rings. The van der Waals surface area contributed by atoms with Crippen molar-refractivity contribution in [1.29, 1.82) is 0 Å². The van der Waals surface area contributed by atoms with Gasteiger partial charge in [-0.05, 0) is 70.3 Å². The van der Waals surface area contributed by atoms with E-state index in [2.05, 4.69) is 43.5 Å². The summed E-state index contributed by atoms with van der Waals surface area (Å²) in [5, 5.41) is 43.0. The molecular weight excluding hydrogens is 1080 g/mol. The van der Waals surface area contributed by atoms with Gasteiger partial charge in [-0.2, -0.15) is 0 Å². The molecule has 0 aromatic heterocycles. The summed E-state index contributed by atoms with van der Waals surface area (Å²) in [4.78, 5) is 142. The van der Waals surface area contributed by atoms with Crippen LogP contribution in [0.3, 0.4) is 0 Å². The molecule has 0 unspecified atom stereocenters. The van der Waals surface area contributed by atoms with Crippen LogP contribution in [0.1, 0.15) is 188 Å². The molecule has 8 atom stereocenters. The number of carbonyl (C=O) groups is 10. The lowest BCUT2D eigenvalue weighted by molar-refractivity contribution is -0.138. The SMILES string of the molecule is CCCCCCCCCCCCCCCC(=O)N[C@@H](C)C(=O)N[C@H](C(=O)C[C@@H](Cc1ccccc1)C(=O)N[C@@H](CCCN=C(N)N)C(=O)C[C@@H](CO)C(=O)N[C@@H](CO)C(=O)C[C@@H](CCCN=C(N)N)C(=O)N[C@@H](CCC(=O)O)C(C)=O)C(C)C. The molecule has 0 spiro atoms. The Hall–Kier alpha value is -6.82. The summed E-state index contributed by atoms with van der Waals surface area (Å²) in [6, 6.07) is 2.65. The average molecular weight is 1180 g/mol. The van der Waals surface area contributed by atoms with Crippen LogP contribution in [0.15, 0.2) is 40.3 Å². The maximum absolute atomic E-state index is 14.5. The van der Waals surface area contributed by atoms with E-state index in [1.807, 2.05) is 0 Å². The number of aliphatic hydroxyl groups excluding tert-OH is 2. The van der Waals surface area contributed by atoms with Gasteiger partial charge in [-0.3, -0.25) is 57.9 Å². The number of carboxylic acid groups (broad SMARTS) is 1. The zero-order chi connectivity index (χ0) is 63.0. The molecule has 0 aliphatic heterocycles. The monoisotopic (exact) mass is 1180 g/mol. The molecule has 0 aliphatic rings. The van der Waals surface area contributed by atoms with Gasteiger partial charge < -0.3 is 64.8 Å². The Morgan fingerprint density at radius 3 is 1.49 bits per heavy atom. The fraction of sp³-hybridized carbons (Fsp3) is 0.700. The molecule has 1 aromatic rings. The Bertz CT molecular complexity index is 2260. The fourth-order valence-electron chi connectivity index (χ4n) is 9.55. The molecule has 0 heterocycles. The highest BCUT2D eigenvalue weighted by Gasteiger charge is 2.35. The lowest BCUT2D eigenvalue weighted by Crippen LogP contribution is -2.53. The molecule has 1 rings (SSSR count). The number of nitrogens with zero attached hydrogens (tertiary/aromatic N) is 2. The third kappa shape index (κ3) is 33.5. The second-order valence-electron chi connectivity index (χ2n) is 22.3. The summed E-state index contributed by atoms with van der Waals surface area (Å²) in [6.45, 7) is 6.61.